The largest absolute Gasteiger partial charge is 0.370 e. The quantitative estimate of drug-likeness (QED) is 0.611. The molecule has 2 rings (SSSR count). The maximum atomic E-state index is 5.56. The number of epoxide rings is 1. The van der Waals surface area contributed by atoms with Gasteiger partial charge in [-0.1, -0.05) is 27.7 Å². The van der Waals surface area contributed by atoms with Gasteiger partial charge in [-0.3, -0.25) is 0 Å². The molecule has 2 fully saturated rings. The average Bonchev–Trinajstić information content (AvgIpc) is 2.87. The van der Waals surface area contributed by atoms with Crippen LogP contribution in [0.15, 0.2) is 0 Å². The lowest BCUT2D eigenvalue weighted by Gasteiger charge is -2.08. The lowest BCUT2D eigenvalue weighted by molar-refractivity contribution is 0.295. The average molecular weight is 182 g/mol. The molecule has 0 amide bonds. The zero-order chi connectivity index (χ0) is 9.75. The number of hydrogen-bond donors (Lipinski definition) is 0. The summed E-state index contributed by atoms with van der Waals surface area (Å²) < 4.78 is 5.56. The van der Waals surface area contributed by atoms with E-state index in [1.165, 1.54) is 0 Å². The molecule has 1 saturated heterocycles. The molecule has 76 valence electrons. The van der Waals surface area contributed by atoms with Crippen molar-refractivity contribution in [1.29, 1.82) is 0 Å². The Morgan fingerprint density at radius 1 is 1.00 bits per heavy atom. The summed E-state index contributed by atoms with van der Waals surface area (Å²) in [6.07, 6.45) is 1.12. The molecule has 0 aromatic rings. The number of rotatable bonds is 3. The van der Waals surface area contributed by atoms with Gasteiger partial charge in [0.1, 0.15) is 0 Å². The predicted octanol–water partition coefficient (Wildman–Crippen LogP) is 2.95. The van der Waals surface area contributed by atoms with Crippen LogP contribution in [0.5, 0.6) is 0 Å². The van der Waals surface area contributed by atoms with Crippen LogP contribution >= 0.6 is 0 Å². The first-order valence-corrected chi connectivity index (χ1v) is 5.69. The van der Waals surface area contributed by atoms with E-state index in [2.05, 4.69) is 34.6 Å². The molecule has 1 saturated carbocycles. The second-order valence-electron chi connectivity index (χ2n) is 5.42. The second kappa shape index (κ2) is 2.98. The Bertz CT molecular complexity index is 199. The van der Waals surface area contributed by atoms with Gasteiger partial charge in [0, 0.05) is 0 Å². The van der Waals surface area contributed by atoms with Crippen LogP contribution in [-0.4, -0.2) is 12.2 Å². The molecule has 6 atom stereocenters. The fraction of sp³-hybridized carbons (Fsp3) is 1.00. The summed E-state index contributed by atoms with van der Waals surface area (Å²) in [6, 6.07) is 0. The Morgan fingerprint density at radius 3 is 1.85 bits per heavy atom. The van der Waals surface area contributed by atoms with Gasteiger partial charge in [0.05, 0.1) is 12.2 Å². The summed E-state index contributed by atoms with van der Waals surface area (Å²) in [6.45, 7) is 11.7. The Morgan fingerprint density at radius 2 is 1.54 bits per heavy atom. The summed E-state index contributed by atoms with van der Waals surface area (Å²) in [7, 11) is 0. The first-order chi connectivity index (χ1) is 6.04. The molecule has 13 heavy (non-hydrogen) atoms. The molecule has 1 aliphatic heterocycles. The van der Waals surface area contributed by atoms with Crippen LogP contribution < -0.4 is 0 Å². The molecule has 1 heterocycles. The molecule has 0 aromatic heterocycles. The Balaban J connectivity index is 1.89. The molecule has 0 N–H and O–H groups in total. The molecule has 1 aliphatic carbocycles. The van der Waals surface area contributed by atoms with Crippen LogP contribution in [0.25, 0.3) is 0 Å². The molecule has 0 radical (unpaired) electrons. The van der Waals surface area contributed by atoms with Crippen LogP contribution in [0, 0.1) is 29.6 Å². The van der Waals surface area contributed by atoms with Crippen molar-refractivity contribution in [3.8, 4) is 0 Å². The molecular weight excluding hydrogens is 160 g/mol. The van der Waals surface area contributed by atoms with Gasteiger partial charge in [-0.2, -0.15) is 0 Å². The first-order valence-electron chi connectivity index (χ1n) is 5.69. The van der Waals surface area contributed by atoms with E-state index >= 15 is 0 Å². The number of ether oxygens (including phenoxy) is 1. The van der Waals surface area contributed by atoms with Crippen LogP contribution in [-0.2, 0) is 4.74 Å². The maximum absolute atomic E-state index is 5.56. The normalized spacial score (nSPS) is 50.8. The van der Waals surface area contributed by atoms with E-state index in [4.69, 9.17) is 4.74 Å². The summed E-state index contributed by atoms with van der Waals surface area (Å²) >= 11 is 0. The van der Waals surface area contributed by atoms with Crippen molar-refractivity contribution in [2.75, 3.05) is 0 Å². The van der Waals surface area contributed by atoms with E-state index in [1.54, 1.807) is 0 Å². The third-order valence-electron chi connectivity index (χ3n) is 4.17. The molecule has 1 heteroatoms. The molecule has 0 spiro atoms. The van der Waals surface area contributed by atoms with Gasteiger partial charge in [0.25, 0.3) is 0 Å². The highest BCUT2D eigenvalue weighted by Crippen LogP contribution is 2.57. The predicted molar refractivity (Wildman–Crippen MR) is 54.5 cm³/mol. The second-order valence-corrected chi connectivity index (χ2v) is 5.42. The van der Waals surface area contributed by atoms with Gasteiger partial charge in [-0.25, -0.2) is 0 Å². The van der Waals surface area contributed by atoms with Gasteiger partial charge >= 0.3 is 0 Å². The van der Waals surface area contributed by atoms with Crippen molar-refractivity contribution in [1.82, 2.24) is 0 Å². The zero-order valence-corrected chi connectivity index (χ0v) is 9.45. The van der Waals surface area contributed by atoms with E-state index < -0.39 is 0 Å². The minimum atomic E-state index is 0.538. The monoisotopic (exact) mass is 182 g/mol. The first kappa shape index (κ1) is 9.51. The Hall–Kier alpha value is -0.0400. The summed E-state index contributed by atoms with van der Waals surface area (Å²) in [5.41, 5.74) is 0. The van der Waals surface area contributed by atoms with Crippen molar-refractivity contribution in [2.24, 2.45) is 29.6 Å². The van der Waals surface area contributed by atoms with Crippen molar-refractivity contribution >= 4 is 0 Å². The van der Waals surface area contributed by atoms with Gasteiger partial charge in [-0.05, 0) is 36.5 Å². The van der Waals surface area contributed by atoms with Crippen molar-refractivity contribution < 1.29 is 4.74 Å². The number of hydrogen-bond acceptors (Lipinski definition) is 1. The van der Waals surface area contributed by atoms with Crippen molar-refractivity contribution in [3.05, 3.63) is 0 Å². The molecule has 1 nitrogen and oxygen atoms in total. The van der Waals surface area contributed by atoms with Crippen LogP contribution in [0.1, 0.15) is 34.6 Å². The highest BCUT2D eigenvalue weighted by Gasteiger charge is 2.56. The van der Waals surface area contributed by atoms with E-state index in [-0.39, 0.29) is 0 Å². The smallest absolute Gasteiger partial charge is 0.0867 e. The van der Waals surface area contributed by atoms with Crippen molar-refractivity contribution in [3.63, 3.8) is 0 Å². The Kier molecular flexibility index (Phi) is 2.18. The molecule has 2 aliphatic rings. The van der Waals surface area contributed by atoms with Crippen LogP contribution in [0.3, 0.4) is 0 Å². The highest BCUT2D eigenvalue weighted by molar-refractivity contribution is 5.03. The lowest BCUT2D eigenvalue weighted by atomic mass is 9.95. The summed E-state index contributed by atoms with van der Waals surface area (Å²) in [5.74, 6) is 4.49. The molecular formula is C12H22O. The topological polar surface area (TPSA) is 12.5 Å². The highest BCUT2D eigenvalue weighted by atomic mass is 16.6. The fourth-order valence-electron chi connectivity index (χ4n) is 3.38. The van der Waals surface area contributed by atoms with Gasteiger partial charge in [0.2, 0.25) is 0 Å². The van der Waals surface area contributed by atoms with E-state index in [9.17, 15) is 0 Å². The van der Waals surface area contributed by atoms with E-state index in [0.717, 1.165) is 29.6 Å². The van der Waals surface area contributed by atoms with Gasteiger partial charge in [0.15, 0.2) is 0 Å². The molecule has 0 bridgehead atoms. The molecule has 0 aromatic carbocycles. The van der Waals surface area contributed by atoms with E-state index in [0.29, 0.717) is 12.2 Å². The van der Waals surface area contributed by atoms with Gasteiger partial charge < -0.3 is 4.74 Å². The SMILES string of the molecule is CC(C)C1C(C)C1C(C)C1OC1C. The standard InChI is InChI=1S/C12H22O/c1-6(2)10-7(3)11(10)8(4)12-9(5)13-12/h6-12H,1-5H3. The minimum absolute atomic E-state index is 0.538. The molecule has 6 unspecified atom stereocenters. The van der Waals surface area contributed by atoms with Crippen molar-refractivity contribution in [2.45, 2.75) is 46.8 Å². The summed E-state index contributed by atoms with van der Waals surface area (Å²) in [4.78, 5) is 0. The maximum Gasteiger partial charge on any atom is 0.0867 e. The third-order valence-corrected chi connectivity index (χ3v) is 4.17. The van der Waals surface area contributed by atoms with E-state index in [1.807, 2.05) is 0 Å². The van der Waals surface area contributed by atoms with Gasteiger partial charge in [-0.15, -0.1) is 0 Å². The zero-order valence-electron chi connectivity index (χ0n) is 9.45. The fourth-order valence-corrected chi connectivity index (χ4v) is 3.38. The Labute approximate surface area is 81.9 Å². The summed E-state index contributed by atoms with van der Waals surface area (Å²) in [5, 5.41) is 0. The van der Waals surface area contributed by atoms with Crippen LogP contribution in [0.2, 0.25) is 0 Å². The lowest BCUT2D eigenvalue weighted by Crippen LogP contribution is -2.11. The van der Waals surface area contributed by atoms with Crippen LogP contribution in [0.4, 0.5) is 0 Å². The minimum Gasteiger partial charge on any atom is -0.370 e. The third kappa shape index (κ3) is 1.52.